The van der Waals surface area contributed by atoms with Crippen LogP contribution in [0.25, 0.3) is 33.5 Å². The molecule has 2 aromatic heterocycles. The highest BCUT2D eigenvalue weighted by molar-refractivity contribution is 7.93. The van der Waals surface area contributed by atoms with Crippen molar-refractivity contribution in [3.8, 4) is 22.5 Å². The summed E-state index contributed by atoms with van der Waals surface area (Å²) in [7, 11) is -8.64. The maximum Gasteiger partial charge on any atom is 0.323 e. The summed E-state index contributed by atoms with van der Waals surface area (Å²) in [6.45, 7) is 1.21. The first-order valence-electron chi connectivity index (χ1n) is 10.2. The highest BCUT2D eigenvalue weighted by Crippen LogP contribution is 2.40. The molecule has 13 nitrogen and oxygen atoms in total. The summed E-state index contributed by atoms with van der Waals surface area (Å²) >= 11 is 0. The van der Waals surface area contributed by atoms with Crippen LogP contribution in [0.15, 0.2) is 44.9 Å². The van der Waals surface area contributed by atoms with Crippen molar-refractivity contribution in [2.24, 2.45) is 11.1 Å². The lowest BCUT2D eigenvalue weighted by Crippen LogP contribution is -2.23. The standard InChI is InChI=1S/C19H20N8O5S2/c20-34(31,32)17-14(33(29,30)9-10-6-7-21-8-10)5-4-11(15(17)18-24-26-27-25-18)12-2-1-3-13-16(12)23-19(28)22-13/h1-5,10,21H,6-9H2,(H2,20,31,32)(H2,22,23,28)(H,24,25,26,27)/t10-/m1/s1. The van der Waals surface area contributed by atoms with Crippen molar-refractivity contribution in [1.82, 2.24) is 35.9 Å². The van der Waals surface area contributed by atoms with E-state index in [0.717, 1.165) is 0 Å². The molecule has 0 amide bonds. The van der Waals surface area contributed by atoms with Gasteiger partial charge in [-0.25, -0.2) is 26.8 Å². The van der Waals surface area contributed by atoms with E-state index in [9.17, 15) is 21.6 Å². The normalized spacial score (nSPS) is 16.9. The van der Waals surface area contributed by atoms with Crippen molar-refractivity contribution < 1.29 is 16.8 Å². The van der Waals surface area contributed by atoms with Gasteiger partial charge in [-0.3, -0.25) is 0 Å². The average molecular weight is 505 g/mol. The van der Waals surface area contributed by atoms with Gasteiger partial charge in [-0.1, -0.05) is 18.2 Å². The number of rotatable bonds is 6. The third kappa shape index (κ3) is 3.91. The molecule has 1 fully saturated rings. The molecule has 1 aliphatic heterocycles. The van der Waals surface area contributed by atoms with E-state index >= 15 is 0 Å². The van der Waals surface area contributed by atoms with Gasteiger partial charge in [0.1, 0.15) is 4.90 Å². The fourth-order valence-electron chi connectivity index (χ4n) is 4.34. The van der Waals surface area contributed by atoms with E-state index in [4.69, 9.17) is 5.14 Å². The summed E-state index contributed by atoms with van der Waals surface area (Å²) in [5.41, 5.74) is 0.961. The van der Waals surface area contributed by atoms with E-state index in [1.54, 1.807) is 18.2 Å². The van der Waals surface area contributed by atoms with Gasteiger partial charge in [0.25, 0.3) is 0 Å². The number of tetrazole rings is 1. The smallest absolute Gasteiger partial charge is 0.316 e. The van der Waals surface area contributed by atoms with Gasteiger partial charge in [-0.2, -0.15) is 5.21 Å². The molecule has 1 aliphatic rings. The molecule has 6 N–H and O–H groups in total. The van der Waals surface area contributed by atoms with Crippen LogP contribution in [-0.2, 0) is 19.9 Å². The molecule has 0 saturated carbocycles. The van der Waals surface area contributed by atoms with Gasteiger partial charge in [0.2, 0.25) is 15.8 Å². The van der Waals surface area contributed by atoms with Crippen molar-refractivity contribution in [3.05, 3.63) is 40.8 Å². The minimum Gasteiger partial charge on any atom is -0.316 e. The van der Waals surface area contributed by atoms with Crippen molar-refractivity contribution >= 4 is 30.9 Å². The fraction of sp³-hybridized carbons (Fsp3) is 0.263. The molecule has 0 spiro atoms. The van der Waals surface area contributed by atoms with Crippen LogP contribution in [-0.4, -0.2) is 66.3 Å². The topological polar surface area (TPSA) is 209 Å². The number of nitrogens with zero attached hydrogens (tertiary/aromatic N) is 3. The number of aromatic nitrogens is 6. The molecule has 4 aromatic rings. The predicted octanol–water partition coefficient (Wildman–Crippen LogP) is -0.266. The monoisotopic (exact) mass is 504 g/mol. The summed E-state index contributed by atoms with van der Waals surface area (Å²) in [6, 6.07) is 7.66. The van der Waals surface area contributed by atoms with Crippen LogP contribution in [0, 0.1) is 5.92 Å². The van der Waals surface area contributed by atoms with Crippen LogP contribution in [0.4, 0.5) is 0 Å². The molecule has 34 heavy (non-hydrogen) atoms. The molecule has 5 rings (SSSR count). The molecule has 0 bridgehead atoms. The number of H-pyrrole nitrogens is 3. The number of para-hydroxylation sites is 1. The number of hydrogen-bond acceptors (Lipinski definition) is 9. The second-order valence-electron chi connectivity index (χ2n) is 8.04. The summed E-state index contributed by atoms with van der Waals surface area (Å²) in [5.74, 6) is -0.562. The van der Waals surface area contributed by atoms with Gasteiger partial charge in [-0.15, -0.1) is 10.2 Å². The Morgan fingerprint density at radius 3 is 2.56 bits per heavy atom. The first-order valence-corrected chi connectivity index (χ1v) is 13.4. The average Bonchev–Trinajstić information content (AvgIpc) is 3.53. The van der Waals surface area contributed by atoms with Crippen LogP contribution in [0.3, 0.4) is 0 Å². The maximum atomic E-state index is 13.4. The SMILES string of the molecule is NS(=O)(=O)c1c(S(=O)(=O)C[C@@H]2CCNC2)ccc(-c2cccc3[nH]c(=O)[nH]c23)c1-c1nn[nH]n1. The largest absolute Gasteiger partial charge is 0.323 e. The number of sulfonamides is 1. The lowest BCUT2D eigenvalue weighted by molar-refractivity contribution is 0.565. The molecule has 0 unspecified atom stereocenters. The zero-order chi connectivity index (χ0) is 24.1. The molecule has 178 valence electrons. The number of fused-ring (bicyclic) bond motifs is 1. The van der Waals surface area contributed by atoms with Crippen LogP contribution in [0.2, 0.25) is 0 Å². The molecule has 2 aromatic carbocycles. The maximum absolute atomic E-state index is 13.4. The Labute approximate surface area is 193 Å². The summed E-state index contributed by atoms with van der Waals surface area (Å²) in [4.78, 5) is 16.2. The number of sulfone groups is 1. The Hall–Kier alpha value is -3.40. The number of benzene rings is 2. The third-order valence-corrected chi connectivity index (χ3v) is 8.81. The van der Waals surface area contributed by atoms with Gasteiger partial charge >= 0.3 is 5.69 Å². The molecular formula is C19H20N8O5S2. The number of imidazole rings is 1. The van der Waals surface area contributed by atoms with E-state index < -0.39 is 35.3 Å². The van der Waals surface area contributed by atoms with Gasteiger partial charge in [0.15, 0.2) is 9.84 Å². The number of aromatic amines is 3. The third-order valence-electron chi connectivity index (χ3n) is 5.77. The highest BCUT2D eigenvalue weighted by atomic mass is 32.2. The lowest BCUT2D eigenvalue weighted by Gasteiger charge is -2.17. The van der Waals surface area contributed by atoms with E-state index in [0.29, 0.717) is 36.1 Å². The molecule has 0 radical (unpaired) electrons. The van der Waals surface area contributed by atoms with Crippen LogP contribution >= 0.6 is 0 Å². The Morgan fingerprint density at radius 1 is 1.06 bits per heavy atom. The van der Waals surface area contributed by atoms with E-state index in [1.165, 1.54) is 12.1 Å². The molecule has 15 heteroatoms. The van der Waals surface area contributed by atoms with Crippen molar-refractivity contribution in [3.63, 3.8) is 0 Å². The zero-order valence-electron chi connectivity index (χ0n) is 17.6. The van der Waals surface area contributed by atoms with E-state index in [1.807, 2.05) is 0 Å². The second-order valence-corrected chi connectivity index (χ2v) is 11.5. The number of nitrogens with one attached hydrogen (secondary N) is 4. The Bertz CT molecular complexity index is 1650. The van der Waals surface area contributed by atoms with Gasteiger partial charge in [0.05, 0.1) is 27.2 Å². The first kappa shape index (κ1) is 22.4. The Balaban J connectivity index is 1.84. The van der Waals surface area contributed by atoms with Crippen molar-refractivity contribution in [2.45, 2.75) is 16.2 Å². The molecule has 1 atom stereocenters. The number of hydrogen-bond donors (Lipinski definition) is 5. The minimum atomic E-state index is -4.58. The van der Waals surface area contributed by atoms with Crippen molar-refractivity contribution in [1.29, 1.82) is 0 Å². The van der Waals surface area contributed by atoms with Gasteiger partial charge in [0, 0.05) is 5.56 Å². The molecule has 3 heterocycles. The highest BCUT2D eigenvalue weighted by Gasteiger charge is 2.34. The zero-order valence-corrected chi connectivity index (χ0v) is 19.2. The van der Waals surface area contributed by atoms with Crippen molar-refractivity contribution in [2.75, 3.05) is 18.8 Å². The van der Waals surface area contributed by atoms with Crippen LogP contribution in [0.5, 0.6) is 0 Å². The first-order chi connectivity index (χ1) is 16.1. The quantitative estimate of drug-likeness (QED) is 0.234. The van der Waals surface area contributed by atoms with Gasteiger partial charge in [-0.05, 0) is 48.3 Å². The van der Waals surface area contributed by atoms with E-state index in [-0.39, 0.29) is 28.6 Å². The number of nitrogens with two attached hydrogens (primary N) is 1. The summed E-state index contributed by atoms with van der Waals surface area (Å²) < 4.78 is 52.5. The minimum absolute atomic E-state index is 0.128. The molecule has 0 aliphatic carbocycles. The predicted molar refractivity (Wildman–Crippen MR) is 122 cm³/mol. The number of primary sulfonamides is 1. The Morgan fingerprint density at radius 2 is 1.88 bits per heavy atom. The lowest BCUT2D eigenvalue weighted by atomic mass is 9.98. The Kier molecular flexibility index (Phi) is 5.35. The summed E-state index contributed by atoms with van der Waals surface area (Å²) in [5, 5.41) is 22.3. The second kappa shape index (κ2) is 8.12. The fourth-order valence-corrected chi connectivity index (χ4v) is 7.65. The van der Waals surface area contributed by atoms with Gasteiger partial charge < -0.3 is 15.3 Å². The van der Waals surface area contributed by atoms with E-state index in [2.05, 4.69) is 35.9 Å². The van der Waals surface area contributed by atoms with Crippen LogP contribution < -0.4 is 16.1 Å². The summed E-state index contributed by atoms with van der Waals surface area (Å²) in [6.07, 6.45) is 0.655. The molecule has 1 saturated heterocycles. The molecular weight excluding hydrogens is 484 g/mol. The van der Waals surface area contributed by atoms with Crippen LogP contribution in [0.1, 0.15) is 6.42 Å².